The maximum Gasteiger partial charge on any atom is 0.422 e. The zero-order chi connectivity index (χ0) is 25.2. The number of carbonyl (C=O) groups is 1. The van der Waals surface area contributed by atoms with Crippen molar-refractivity contribution in [3.8, 4) is 11.5 Å². The number of aromatic nitrogens is 5. The number of anilines is 2. The predicted molar refractivity (Wildman–Crippen MR) is 120 cm³/mol. The predicted octanol–water partition coefficient (Wildman–Crippen LogP) is 3.32. The van der Waals surface area contributed by atoms with E-state index in [1.165, 1.54) is 10.9 Å². The van der Waals surface area contributed by atoms with E-state index < -0.39 is 23.8 Å². The topological polar surface area (TPSA) is 124 Å². The first-order chi connectivity index (χ1) is 16.4. The molecule has 0 radical (unpaired) electrons. The van der Waals surface area contributed by atoms with Gasteiger partial charge in [-0.1, -0.05) is 0 Å². The molecule has 5 rings (SSSR count). The van der Waals surface area contributed by atoms with Crippen LogP contribution in [0.2, 0.25) is 0 Å². The largest absolute Gasteiger partial charge is 0.422 e. The van der Waals surface area contributed by atoms with Crippen LogP contribution in [0, 0.1) is 5.92 Å². The number of nitrogens with two attached hydrogens (primary N) is 1. The van der Waals surface area contributed by atoms with Crippen LogP contribution < -0.4 is 16.4 Å². The first kappa shape index (κ1) is 23.4. The van der Waals surface area contributed by atoms with Crippen LogP contribution in [0.5, 0.6) is 0 Å². The van der Waals surface area contributed by atoms with Gasteiger partial charge in [0, 0.05) is 19.2 Å². The average molecular weight is 492 g/mol. The monoisotopic (exact) mass is 492 g/mol. The zero-order valence-electron chi connectivity index (χ0n) is 19.1. The molecule has 0 aromatic carbocycles. The van der Waals surface area contributed by atoms with Crippen molar-refractivity contribution in [3.05, 3.63) is 23.9 Å². The molecule has 1 aliphatic carbocycles. The van der Waals surface area contributed by atoms with Gasteiger partial charge in [0.2, 0.25) is 11.6 Å². The molecule has 9 nitrogen and oxygen atoms in total. The maximum absolute atomic E-state index is 14.2. The van der Waals surface area contributed by atoms with Gasteiger partial charge in [-0.25, -0.2) is 24.0 Å². The van der Waals surface area contributed by atoms with Crippen molar-refractivity contribution in [1.82, 2.24) is 30.0 Å². The normalized spacial score (nSPS) is 21.7. The molecular weight excluding hydrogens is 468 g/mol. The Kier molecular flexibility index (Phi) is 5.24. The van der Waals surface area contributed by atoms with E-state index in [1.807, 2.05) is 0 Å². The molecule has 2 atom stereocenters. The van der Waals surface area contributed by atoms with Gasteiger partial charge in [-0.3, -0.25) is 10.1 Å². The van der Waals surface area contributed by atoms with E-state index in [1.54, 1.807) is 19.1 Å². The molecule has 2 aliphatic rings. The molecule has 13 heteroatoms. The highest BCUT2D eigenvalue weighted by atomic mass is 19.4. The number of nitrogen functional groups attached to an aromatic ring is 1. The van der Waals surface area contributed by atoms with Crippen LogP contribution in [-0.2, 0) is 16.9 Å². The van der Waals surface area contributed by atoms with Crippen molar-refractivity contribution in [2.75, 3.05) is 17.6 Å². The fraction of sp³-hybridized carbons (Fsp3) is 0.500. The number of amides is 1. The zero-order valence-corrected chi connectivity index (χ0v) is 19.1. The molecule has 3 aromatic heterocycles. The lowest BCUT2D eigenvalue weighted by molar-refractivity contribution is -0.226. The number of aryl methyl sites for hydroxylation is 1. The minimum absolute atomic E-state index is 0.0728. The first-order valence-electron chi connectivity index (χ1n) is 11.2. The summed E-state index contributed by atoms with van der Waals surface area (Å²) < 4.78 is 54.3. The molecule has 2 unspecified atom stereocenters. The number of nitrogens with one attached hydrogen (secondary N) is 2. The second kappa shape index (κ2) is 7.83. The van der Waals surface area contributed by atoms with Gasteiger partial charge in [0.1, 0.15) is 22.9 Å². The minimum Gasteiger partial charge on any atom is -0.383 e. The second-order valence-corrected chi connectivity index (χ2v) is 9.45. The SMILES string of the molecule is CC1(NCC2CC2)C(=O)Nc2nc(-c3nn(CCC(C)(F)C(F)(F)F)c4ncccc34)nc(N)c21. The Morgan fingerprint density at radius 2 is 2.03 bits per heavy atom. The van der Waals surface area contributed by atoms with Crippen molar-refractivity contribution in [2.24, 2.45) is 5.92 Å². The first-order valence-corrected chi connectivity index (χ1v) is 11.2. The van der Waals surface area contributed by atoms with Gasteiger partial charge in [0.25, 0.3) is 0 Å². The van der Waals surface area contributed by atoms with Gasteiger partial charge in [0.15, 0.2) is 11.5 Å². The molecule has 186 valence electrons. The van der Waals surface area contributed by atoms with Crippen molar-refractivity contribution in [3.63, 3.8) is 0 Å². The molecule has 4 N–H and O–H groups in total. The average Bonchev–Trinajstić information content (AvgIpc) is 3.49. The second-order valence-electron chi connectivity index (χ2n) is 9.45. The summed E-state index contributed by atoms with van der Waals surface area (Å²) >= 11 is 0. The molecule has 1 amide bonds. The Bertz CT molecular complexity index is 1320. The Morgan fingerprint density at radius 1 is 1.29 bits per heavy atom. The maximum atomic E-state index is 14.2. The third kappa shape index (κ3) is 3.97. The van der Waals surface area contributed by atoms with Crippen LogP contribution >= 0.6 is 0 Å². The number of hydrogen-bond donors (Lipinski definition) is 3. The van der Waals surface area contributed by atoms with Gasteiger partial charge < -0.3 is 11.1 Å². The third-order valence-electron chi connectivity index (χ3n) is 6.67. The Morgan fingerprint density at radius 3 is 2.71 bits per heavy atom. The minimum atomic E-state index is -5.01. The number of fused-ring (bicyclic) bond motifs is 2. The Hall–Kier alpha value is -3.35. The number of carbonyl (C=O) groups excluding carboxylic acids is 1. The number of nitrogens with zero attached hydrogens (tertiary/aromatic N) is 5. The summed E-state index contributed by atoms with van der Waals surface area (Å²) in [4.78, 5) is 25.8. The highest BCUT2D eigenvalue weighted by Crippen LogP contribution is 2.41. The van der Waals surface area contributed by atoms with Crippen molar-refractivity contribution < 1.29 is 22.4 Å². The molecule has 0 bridgehead atoms. The van der Waals surface area contributed by atoms with E-state index in [9.17, 15) is 22.4 Å². The molecule has 3 aromatic rings. The number of rotatable bonds is 7. The number of pyridine rings is 1. The number of alkyl halides is 4. The standard InChI is InChI=1S/C22H24F4N8O/c1-20(23,22(24,25)26)7-9-34-18-12(4-3-8-28-18)14(33-34)17-30-15(27)13-16(31-17)32-19(35)21(13,2)29-10-11-5-6-11/h3-4,8,11,29H,5-7,9-10H2,1-2H3,(H3,27,30,31,32,35). The van der Waals surface area contributed by atoms with Crippen LogP contribution in [0.15, 0.2) is 18.3 Å². The third-order valence-corrected chi connectivity index (χ3v) is 6.67. The summed E-state index contributed by atoms with van der Waals surface area (Å²) in [5, 5.41) is 10.8. The van der Waals surface area contributed by atoms with E-state index in [4.69, 9.17) is 5.73 Å². The Balaban J connectivity index is 1.51. The quantitative estimate of drug-likeness (QED) is 0.432. The molecule has 35 heavy (non-hydrogen) atoms. The lowest BCUT2D eigenvalue weighted by atomic mass is 9.94. The lowest BCUT2D eigenvalue weighted by Crippen LogP contribution is -2.46. The molecule has 0 saturated heterocycles. The van der Waals surface area contributed by atoms with Gasteiger partial charge in [-0.2, -0.15) is 18.3 Å². The number of halogens is 4. The van der Waals surface area contributed by atoms with Crippen LogP contribution in [0.4, 0.5) is 29.2 Å². The van der Waals surface area contributed by atoms with Gasteiger partial charge >= 0.3 is 6.18 Å². The summed E-state index contributed by atoms with van der Waals surface area (Å²) in [6.45, 7) is 2.50. The van der Waals surface area contributed by atoms with Gasteiger partial charge in [-0.05, 0) is 51.3 Å². The van der Waals surface area contributed by atoms with Crippen molar-refractivity contribution in [1.29, 1.82) is 0 Å². The molecule has 1 fully saturated rings. The highest BCUT2D eigenvalue weighted by Gasteiger charge is 2.51. The Labute approximate surface area is 197 Å². The van der Waals surface area contributed by atoms with Crippen LogP contribution in [0.3, 0.4) is 0 Å². The molecule has 4 heterocycles. The molecule has 0 spiro atoms. The summed E-state index contributed by atoms with van der Waals surface area (Å²) in [5.74, 6) is 0.607. The van der Waals surface area contributed by atoms with Gasteiger partial charge in [0.05, 0.1) is 10.9 Å². The smallest absolute Gasteiger partial charge is 0.383 e. The van der Waals surface area contributed by atoms with E-state index in [-0.39, 0.29) is 41.3 Å². The van der Waals surface area contributed by atoms with E-state index in [0.717, 1.165) is 12.8 Å². The summed E-state index contributed by atoms with van der Waals surface area (Å²) in [5.41, 5.74) is 2.70. The molecule has 1 aliphatic heterocycles. The molecule has 1 saturated carbocycles. The van der Waals surface area contributed by atoms with Crippen LogP contribution in [-0.4, -0.2) is 49.0 Å². The van der Waals surface area contributed by atoms with E-state index in [2.05, 4.69) is 30.7 Å². The fourth-order valence-corrected chi connectivity index (χ4v) is 4.14. The van der Waals surface area contributed by atoms with Crippen LogP contribution in [0.25, 0.3) is 22.6 Å². The summed E-state index contributed by atoms with van der Waals surface area (Å²) in [6.07, 6.45) is -2.19. The lowest BCUT2D eigenvalue weighted by Gasteiger charge is -2.24. The van der Waals surface area contributed by atoms with Crippen LogP contribution in [0.1, 0.15) is 38.7 Å². The summed E-state index contributed by atoms with van der Waals surface area (Å²) in [7, 11) is 0. The highest BCUT2D eigenvalue weighted by molar-refractivity contribution is 6.06. The summed E-state index contributed by atoms with van der Waals surface area (Å²) in [6, 6.07) is 3.29. The number of hydrogen-bond acceptors (Lipinski definition) is 7. The van der Waals surface area contributed by atoms with Gasteiger partial charge in [-0.15, -0.1) is 0 Å². The van der Waals surface area contributed by atoms with E-state index in [0.29, 0.717) is 30.3 Å². The van der Waals surface area contributed by atoms with E-state index >= 15 is 0 Å². The van der Waals surface area contributed by atoms with Crippen molar-refractivity contribution in [2.45, 2.75) is 57.0 Å². The van der Waals surface area contributed by atoms with Crippen molar-refractivity contribution >= 4 is 28.6 Å². The molecular formula is C22H24F4N8O. The fourth-order valence-electron chi connectivity index (χ4n) is 4.14.